The quantitative estimate of drug-likeness (QED) is 0.796. The molecule has 0 saturated heterocycles. The highest BCUT2D eigenvalue weighted by atomic mass is 16.6. The minimum absolute atomic E-state index is 0.0379. The number of fused-ring (bicyclic) bond motifs is 1. The molecule has 0 aromatic heterocycles. The second-order valence-electron chi connectivity index (χ2n) is 4.96. The highest BCUT2D eigenvalue weighted by Crippen LogP contribution is 2.35. The van der Waals surface area contributed by atoms with Crippen LogP contribution < -0.4 is 9.47 Å². The van der Waals surface area contributed by atoms with Crippen LogP contribution in [0.25, 0.3) is 0 Å². The van der Waals surface area contributed by atoms with E-state index in [4.69, 9.17) is 23.7 Å². The Balaban J connectivity index is 2.28. The topological polar surface area (TPSA) is 121 Å². The van der Waals surface area contributed by atoms with Gasteiger partial charge in [-0.3, -0.25) is 0 Å². The van der Waals surface area contributed by atoms with Crippen LogP contribution >= 0.6 is 0 Å². The van der Waals surface area contributed by atoms with Crippen molar-refractivity contribution in [3.8, 4) is 11.5 Å². The number of hydrogen-bond donors (Lipinski definition) is 2. The van der Waals surface area contributed by atoms with Gasteiger partial charge in [-0.15, -0.1) is 0 Å². The fraction of sp³-hybridized carbons (Fsp3) is 0.500. The van der Waals surface area contributed by atoms with Crippen LogP contribution in [-0.4, -0.2) is 75.0 Å². The molecule has 9 heteroatoms. The van der Waals surface area contributed by atoms with Crippen molar-refractivity contribution in [1.82, 2.24) is 0 Å². The SMILES string of the molecule is O=C(O)c1ccc(C(=O)O)c2c1OCCOCCOCCOCCO2. The van der Waals surface area contributed by atoms with Crippen molar-refractivity contribution in [2.75, 3.05) is 52.9 Å². The Hall–Kier alpha value is -2.36. The Kier molecular flexibility index (Phi) is 7.45. The maximum absolute atomic E-state index is 11.4. The summed E-state index contributed by atoms with van der Waals surface area (Å²) in [6.07, 6.45) is 0. The van der Waals surface area contributed by atoms with Gasteiger partial charge >= 0.3 is 11.9 Å². The Bertz CT molecular complexity index is 549. The number of carbonyl (C=O) groups is 2. The molecule has 2 N–H and O–H groups in total. The van der Waals surface area contributed by atoms with Crippen molar-refractivity contribution in [2.45, 2.75) is 0 Å². The van der Waals surface area contributed by atoms with E-state index in [1.807, 2.05) is 0 Å². The predicted molar refractivity (Wildman–Crippen MR) is 83.8 cm³/mol. The van der Waals surface area contributed by atoms with Crippen molar-refractivity contribution in [3.05, 3.63) is 23.3 Å². The highest BCUT2D eigenvalue weighted by molar-refractivity contribution is 5.98. The predicted octanol–water partition coefficient (Wildman–Crippen LogP) is 0.904. The van der Waals surface area contributed by atoms with E-state index in [1.165, 1.54) is 12.1 Å². The van der Waals surface area contributed by atoms with Crippen molar-refractivity contribution in [3.63, 3.8) is 0 Å². The van der Waals surface area contributed by atoms with Gasteiger partial charge in [0.15, 0.2) is 11.5 Å². The van der Waals surface area contributed by atoms with Gasteiger partial charge in [-0.25, -0.2) is 9.59 Å². The van der Waals surface area contributed by atoms with Gasteiger partial charge < -0.3 is 33.9 Å². The number of carboxylic acid groups (broad SMARTS) is 2. The average Bonchev–Trinajstić information content (AvgIpc) is 2.59. The highest BCUT2D eigenvalue weighted by Gasteiger charge is 2.24. The third-order valence-corrected chi connectivity index (χ3v) is 3.27. The molecule has 0 amide bonds. The maximum atomic E-state index is 11.4. The summed E-state index contributed by atoms with van der Waals surface area (Å²) in [7, 11) is 0. The van der Waals surface area contributed by atoms with Crippen molar-refractivity contribution in [2.24, 2.45) is 0 Å². The lowest BCUT2D eigenvalue weighted by atomic mass is 10.1. The summed E-state index contributed by atoms with van der Waals surface area (Å²) >= 11 is 0. The first-order chi connectivity index (χ1) is 12.1. The summed E-state index contributed by atoms with van der Waals surface area (Å²) in [6.45, 7) is 1.97. The molecule has 1 heterocycles. The fourth-order valence-electron chi connectivity index (χ4n) is 2.13. The van der Waals surface area contributed by atoms with E-state index in [2.05, 4.69) is 0 Å². The van der Waals surface area contributed by atoms with Crippen LogP contribution in [-0.2, 0) is 14.2 Å². The first-order valence-electron chi connectivity index (χ1n) is 7.73. The van der Waals surface area contributed by atoms with Gasteiger partial charge in [-0.05, 0) is 12.1 Å². The lowest BCUT2D eigenvalue weighted by Crippen LogP contribution is -2.15. The third-order valence-electron chi connectivity index (χ3n) is 3.27. The van der Waals surface area contributed by atoms with Gasteiger partial charge in [0, 0.05) is 0 Å². The number of hydrogen-bond acceptors (Lipinski definition) is 7. The molecule has 0 atom stereocenters. The first kappa shape index (κ1) is 19.0. The van der Waals surface area contributed by atoms with Gasteiger partial charge in [-0.1, -0.05) is 0 Å². The molecule has 0 spiro atoms. The summed E-state index contributed by atoms with van der Waals surface area (Å²) < 4.78 is 26.8. The largest absolute Gasteiger partial charge is 0.486 e. The Labute approximate surface area is 144 Å². The molecule has 1 aromatic carbocycles. The number of ether oxygens (including phenoxy) is 5. The standard InChI is InChI=1S/C16H20O9/c17-15(18)11-1-2-12(16(19)20)14-13(11)24-9-7-22-5-3-21-4-6-23-8-10-25-14/h1-2H,3-10H2,(H,17,18)(H,19,20). The smallest absolute Gasteiger partial charge is 0.339 e. The van der Waals surface area contributed by atoms with Crippen LogP contribution in [0.3, 0.4) is 0 Å². The number of carboxylic acids is 2. The molecule has 0 aliphatic carbocycles. The summed E-state index contributed by atoms with van der Waals surface area (Å²) in [4.78, 5) is 22.8. The Morgan fingerprint density at radius 1 is 0.640 bits per heavy atom. The second kappa shape index (κ2) is 9.82. The number of rotatable bonds is 2. The monoisotopic (exact) mass is 356 g/mol. The fourth-order valence-corrected chi connectivity index (χ4v) is 2.13. The van der Waals surface area contributed by atoms with Crippen molar-refractivity contribution >= 4 is 11.9 Å². The lowest BCUT2D eigenvalue weighted by molar-refractivity contribution is 0.00702. The van der Waals surface area contributed by atoms with E-state index in [-0.39, 0.29) is 49.1 Å². The van der Waals surface area contributed by atoms with Gasteiger partial charge in [0.1, 0.15) is 24.3 Å². The molecule has 0 radical (unpaired) electrons. The summed E-state index contributed by atoms with van der Waals surface area (Å²) in [5, 5.41) is 18.6. The molecule has 1 aromatic rings. The molecule has 0 fully saturated rings. The normalized spacial score (nSPS) is 17.1. The molecular weight excluding hydrogens is 336 g/mol. The molecule has 1 aliphatic rings. The molecule has 0 unspecified atom stereocenters. The molecule has 9 nitrogen and oxygen atoms in total. The third kappa shape index (κ3) is 5.59. The zero-order chi connectivity index (χ0) is 18.1. The molecular formula is C16H20O9. The van der Waals surface area contributed by atoms with E-state index >= 15 is 0 Å². The van der Waals surface area contributed by atoms with Crippen LogP contribution in [0.2, 0.25) is 0 Å². The van der Waals surface area contributed by atoms with E-state index < -0.39 is 11.9 Å². The molecule has 0 saturated carbocycles. The number of benzene rings is 1. The van der Waals surface area contributed by atoms with Crippen LogP contribution in [0.4, 0.5) is 0 Å². The van der Waals surface area contributed by atoms with E-state index in [9.17, 15) is 19.8 Å². The molecule has 2 rings (SSSR count). The molecule has 0 bridgehead atoms. The maximum Gasteiger partial charge on any atom is 0.339 e. The average molecular weight is 356 g/mol. The van der Waals surface area contributed by atoms with Crippen molar-refractivity contribution in [1.29, 1.82) is 0 Å². The zero-order valence-corrected chi connectivity index (χ0v) is 13.6. The minimum Gasteiger partial charge on any atom is -0.486 e. The van der Waals surface area contributed by atoms with Crippen LogP contribution in [0, 0.1) is 0 Å². The van der Waals surface area contributed by atoms with E-state index in [0.717, 1.165) is 0 Å². The van der Waals surface area contributed by atoms with E-state index in [1.54, 1.807) is 0 Å². The van der Waals surface area contributed by atoms with Gasteiger partial charge in [0.25, 0.3) is 0 Å². The van der Waals surface area contributed by atoms with Gasteiger partial charge in [-0.2, -0.15) is 0 Å². The Morgan fingerprint density at radius 3 is 1.28 bits per heavy atom. The lowest BCUT2D eigenvalue weighted by Gasteiger charge is -2.17. The van der Waals surface area contributed by atoms with E-state index in [0.29, 0.717) is 26.4 Å². The number of aromatic carboxylic acids is 2. The zero-order valence-electron chi connectivity index (χ0n) is 13.6. The van der Waals surface area contributed by atoms with Crippen LogP contribution in [0.15, 0.2) is 12.1 Å². The second-order valence-corrected chi connectivity index (χ2v) is 4.96. The van der Waals surface area contributed by atoms with Crippen molar-refractivity contribution < 1.29 is 43.5 Å². The Morgan fingerprint density at radius 2 is 0.960 bits per heavy atom. The summed E-state index contributed by atoms with van der Waals surface area (Å²) in [5.74, 6) is -2.77. The van der Waals surface area contributed by atoms with Gasteiger partial charge in [0.2, 0.25) is 0 Å². The molecule has 1 aliphatic heterocycles. The molecule has 138 valence electrons. The minimum atomic E-state index is -1.25. The summed E-state index contributed by atoms with van der Waals surface area (Å²) in [5.41, 5.74) is -0.373. The van der Waals surface area contributed by atoms with Crippen LogP contribution in [0.5, 0.6) is 11.5 Å². The van der Waals surface area contributed by atoms with Gasteiger partial charge in [0.05, 0.1) is 39.6 Å². The summed E-state index contributed by atoms with van der Waals surface area (Å²) in [6, 6.07) is 2.35. The first-order valence-corrected chi connectivity index (χ1v) is 7.73. The molecule has 25 heavy (non-hydrogen) atoms. The van der Waals surface area contributed by atoms with Crippen LogP contribution in [0.1, 0.15) is 20.7 Å².